The van der Waals surface area contributed by atoms with Gasteiger partial charge in [0.1, 0.15) is 9.84 Å². The molecule has 0 radical (unpaired) electrons. The van der Waals surface area contributed by atoms with Crippen molar-refractivity contribution in [1.29, 1.82) is 0 Å². The van der Waals surface area contributed by atoms with E-state index in [1.54, 1.807) is 0 Å². The Morgan fingerprint density at radius 2 is 1.77 bits per heavy atom. The van der Waals surface area contributed by atoms with Gasteiger partial charge in [-0.3, -0.25) is 0 Å². The minimum Gasteiger partial charge on any atom is -0.229 e. The van der Waals surface area contributed by atoms with Gasteiger partial charge in [0.25, 0.3) is 0 Å². The lowest BCUT2D eigenvalue weighted by Gasteiger charge is -2.20. The van der Waals surface area contributed by atoms with Crippen molar-refractivity contribution >= 4 is 9.84 Å². The molecule has 78 valence electrons. The van der Waals surface area contributed by atoms with Gasteiger partial charge in [-0.05, 0) is 18.8 Å². The van der Waals surface area contributed by atoms with Crippen LogP contribution in [0.1, 0.15) is 44.9 Å². The predicted molar refractivity (Wildman–Crippen MR) is 55.5 cm³/mol. The van der Waals surface area contributed by atoms with E-state index in [0.29, 0.717) is 5.75 Å². The third-order valence-electron chi connectivity index (χ3n) is 2.85. The first kappa shape index (κ1) is 11.0. The molecule has 2 nitrogen and oxygen atoms in total. The van der Waals surface area contributed by atoms with Gasteiger partial charge in [-0.1, -0.05) is 32.1 Å². The van der Waals surface area contributed by atoms with Gasteiger partial charge >= 0.3 is 0 Å². The van der Waals surface area contributed by atoms with Crippen LogP contribution >= 0.6 is 0 Å². The first-order chi connectivity index (χ1) is 6.08. The maximum atomic E-state index is 10.9. The second-order valence-electron chi connectivity index (χ2n) is 4.28. The Balaban J connectivity index is 2.11. The molecule has 1 fully saturated rings. The van der Waals surface area contributed by atoms with Crippen molar-refractivity contribution in [2.24, 2.45) is 5.92 Å². The summed E-state index contributed by atoms with van der Waals surface area (Å²) >= 11 is 0. The molecule has 0 aliphatic heterocycles. The molecule has 0 atom stereocenters. The first-order valence-electron chi connectivity index (χ1n) is 5.26. The smallest absolute Gasteiger partial charge is 0.147 e. The summed E-state index contributed by atoms with van der Waals surface area (Å²) in [4.78, 5) is 0. The third-order valence-corrected chi connectivity index (χ3v) is 3.88. The second kappa shape index (κ2) is 4.99. The van der Waals surface area contributed by atoms with Gasteiger partial charge in [0.15, 0.2) is 0 Å². The van der Waals surface area contributed by atoms with Crippen molar-refractivity contribution in [3.05, 3.63) is 0 Å². The molecule has 3 heteroatoms. The quantitative estimate of drug-likeness (QED) is 0.704. The summed E-state index contributed by atoms with van der Waals surface area (Å²) in [5, 5.41) is 0. The molecule has 0 aromatic rings. The fraction of sp³-hybridized carbons (Fsp3) is 1.00. The Labute approximate surface area is 81.6 Å². The highest BCUT2D eigenvalue weighted by molar-refractivity contribution is 7.90. The number of sulfone groups is 1. The van der Waals surface area contributed by atoms with Crippen LogP contribution < -0.4 is 0 Å². The average molecular weight is 204 g/mol. The molecular weight excluding hydrogens is 184 g/mol. The van der Waals surface area contributed by atoms with E-state index >= 15 is 0 Å². The number of rotatable bonds is 4. The highest BCUT2D eigenvalue weighted by Crippen LogP contribution is 2.27. The number of hydrogen-bond donors (Lipinski definition) is 0. The Bertz CT molecular complexity index is 225. The maximum Gasteiger partial charge on any atom is 0.147 e. The topological polar surface area (TPSA) is 34.1 Å². The summed E-state index contributed by atoms with van der Waals surface area (Å²) in [5.74, 6) is 1.19. The molecule has 0 amide bonds. The predicted octanol–water partition coefficient (Wildman–Crippen LogP) is 2.39. The van der Waals surface area contributed by atoms with E-state index in [1.807, 2.05) is 0 Å². The molecule has 0 saturated heterocycles. The van der Waals surface area contributed by atoms with Crippen molar-refractivity contribution in [2.45, 2.75) is 44.9 Å². The summed E-state index contributed by atoms with van der Waals surface area (Å²) in [7, 11) is -2.72. The summed E-state index contributed by atoms with van der Waals surface area (Å²) in [5.41, 5.74) is 0. The van der Waals surface area contributed by atoms with Crippen molar-refractivity contribution in [3.63, 3.8) is 0 Å². The van der Waals surface area contributed by atoms with Crippen molar-refractivity contribution in [2.75, 3.05) is 12.0 Å². The lowest BCUT2D eigenvalue weighted by molar-refractivity contribution is 0.337. The fourth-order valence-corrected chi connectivity index (χ4v) is 2.80. The summed E-state index contributed by atoms with van der Waals surface area (Å²) < 4.78 is 21.7. The van der Waals surface area contributed by atoms with Crippen LogP contribution in [0.3, 0.4) is 0 Å². The Morgan fingerprint density at radius 1 is 1.15 bits per heavy atom. The van der Waals surface area contributed by atoms with Gasteiger partial charge in [-0.25, -0.2) is 8.42 Å². The molecule has 0 unspecified atom stereocenters. The van der Waals surface area contributed by atoms with E-state index in [2.05, 4.69) is 0 Å². The second-order valence-corrected chi connectivity index (χ2v) is 6.54. The molecule has 0 spiro atoms. The average Bonchev–Trinajstić information content (AvgIpc) is 2.04. The van der Waals surface area contributed by atoms with Crippen LogP contribution in [0, 0.1) is 5.92 Å². The Kier molecular flexibility index (Phi) is 4.23. The standard InChI is InChI=1S/C10H20O2S/c1-13(11,12)9-5-8-10-6-3-2-4-7-10/h10H,2-9H2,1H3. The zero-order chi connectivity index (χ0) is 9.73. The zero-order valence-corrected chi connectivity index (χ0v) is 9.28. The van der Waals surface area contributed by atoms with Gasteiger partial charge in [0, 0.05) is 12.0 Å². The van der Waals surface area contributed by atoms with Crippen molar-refractivity contribution in [1.82, 2.24) is 0 Å². The van der Waals surface area contributed by atoms with Crippen LogP contribution in [0.5, 0.6) is 0 Å². The molecule has 0 N–H and O–H groups in total. The molecule has 13 heavy (non-hydrogen) atoms. The van der Waals surface area contributed by atoms with Crippen LogP contribution in [0.15, 0.2) is 0 Å². The van der Waals surface area contributed by atoms with Crippen LogP contribution in [-0.2, 0) is 9.84 Å². The van der Waals surface area contributed by atoms with Gasteiger partial charge in [-0.15, -0.1) is 0 Å². The summed E-state index contributed by atoms with van der Waals surface area (Å²) in [6, 6.07) is 0. The fourth-order valence-electron chi connectivity index (χ4n) is 2.11. The van der Waals surface area contributed by atoms with Crippen LogP contribution in [0.4, 0.5) is 0 Å². The zero-order valence-electron chi connectivity index (χ0n) is 8.46. The molecule has 1 aliphatic rings. The van der Waals surface area contributed by atoms with E-state index in [4.69, 9.17) is 0 Å². The van der Waals surface area contributed by atoms with E-state index < -0.39 is 9.84 Å². The molecule has 0 aromatic carbocycles. The van der Waals surface area contributed by atoms with Crippen LogP contribution in [0.25, 0.3) is 0 Å². The summed E-state index contributed by atoms with van der Waals surface area (Å²) in [6.07, 6.45) is 10.0. The molecular formula is C10H20O2S. The van der Waals surface area contributed by atoms with Gasteiger partial charge in [0.2, 0.25) is 0 Å². The van der Waals surface area contributed by atoms with E-state index in [0.717, 1.165) is 18.8 Å². The Hall–Kier alpha value is -0.0500. The summed E-state index contributed by atoms with van der Waals surface area (Å²) in [6.45, 7) is 0. The van der Waals surface area contributed by atoms with E-state index in [9.17, 15) is 8.42 Å². The molecule has 1 aliphatic carbocycles. The molecule has 0 heterocycles. The maximum absolute atomic E-state index is 10.9. The van der Waals surface area contributed by atoms with Gasteiger partial charge < -0.3 is 0 Å². The van der Waals surface area contributed by atoms with Crippen molar-refractivity contribution in [3.8, 4) is 0 Å². The molecule has 1 saturated carbocycles. The highest BCUT2D eigenvalue weighted by Gasteiger charge is 2.13. The normalized spacial score (nSPS) is 20.4. The van der Waals surface area contributed by atoms with Gasteiger partial charge in [0.05, 0.1) is 0 Å². The monoisotopic (exact) mass is 204 g/mol. The lowest BCUT2D eigenvalue weighted by Crippen LogP contribution is -2.09. The van der Waals surface area contributed by atoms with Gasteiger partial charge in [-0.2, -0.15) is 0 Å². The van der Waals surface area contributed by atoms with Crippen molar-refractivity contribution < 1.29 is 8.42 Å². The Morgan fingerprint density at radius 3 is 2.31 bits per heavy atom. The SMILES string of the molecule is CS(=O)(=O)CCCC1CCCCC1. The molecule has 0 bridgehead atoms. The first-order valence-corrected chi connectivity index (χ1v) is 7.32. The lowest BCUT2D eigenvalue weighted by atomic mass is 9.86. The minimum absolute atomic E-state index is 0.378. The largest absolute Gasteiger partial charge is 0.229 e. The molecule has 0 aromatic heterocycles. The minimum atomic E-state index is -2.72. The van der Waals surface area contributed by atoms with E-state index in [1.165, 1.54) is 38.4 Å². The van der Waals surface area contributed by atoms with Crippen LogP contribution in [0.2, 0.25) is 0 Å². The van der Waals surface area contributed by atoms with E-state index in [-0.39, 0.29) is 0 Å². The number of hydrogen-bond acceptors (Lipinski definition) is 2. The third kappa shape index (κ3) is 5.29. The van der Waals surface area contributed by atoms with Crippen LogP contribution in [-0.4, -0.2) is 20.4 Å². The highest BCUT2D eigenvalue weighted by atomic mass is 32.2. The molecule has 1 rings (SSSR count).